The van der Waals surface area contributed by atoms with E-state index in [-0.39, 0.29) is 29.9 Å². The number of nitrogens with zero attached hydrogens (tertiary/aromatic N) is 2. The quantitative estimate of drug-likeness (QED) is 0.463. The molecule has 34 heavy (non-hydrogen) atoms. The lowest BCUT2D eigenvalue weighted by Crippen LogP contribution is -2.55. The van der Waals surface area contributed by atoms with E-state index in [1.54, 1.807) is 20.2 Å². The summed E-state index contributed by atoms with van der Waals surface area (Å²) in [5, 5.41) is 16.2. The second-order valence-electron chi connectivity index (χ2n) is 9.73. The van der Waals surface area contributed by atoms with Gasteiger partial charge < -0.3 is 25.2 Å². The topological polar surface area (TPSA) is 104 Å². The summed E-state index contributed by atoms with van der Waals surface area (Å²) >= 11 is 0. The molecule has 1 aromatic carbocycles. The Morgan fingerprint density at radius 1 is 1.21 bits per heavy atom. The van der Waals surface area contributed by atoms with Crippen molar-refractivity contribution in [1.29, 1.82) is 0 Å². The van der Waals surface area contributed by atoms with Gasteiger partial charge in [0.05, 0.1) is 18.6 Å². The Labute approximate surface area is 202 Å². The van der Waals surface area contributed by atoms with Crippen LogP contribution >= 0.6 is 0 Å². The Balaban J connectivity index is 2.18. The lowest BCUT2D eigenvalue weighted by Gasteiger charge is -2.34. The molecule has 1 unspecified atom stereocenters. The zero-order valence-electron chi connectivity index (χ0n) is 21.5. The summed E-state index contributed by atoms with van der Waals surface area (Å²) in [7, 11) is 5.34. The van der Waals surface area contributed by atoms with E-state index >= 15 is 0 Å². The van der Waals surface area contributed by atoms with Crippen LogP contribution in [-0.4, -0.2) is 65.1 Å². The molecule has 0 aliphatic carbocycles. The van der Waals surface area contributed by atoms with Crippen molar-refractivity contribution in [3.63, 3.8) is 0 Å². The molecule has 0 bridgehead atoms. The van der Waals surface area contributed by atoms with Crippen molar-refractivity contribution in [3.8, 4) is 0 Å². The van der Waals surface area contributed by atoms with Crippen LogP contribution in [0.2, 0.25) is 0 Å². The Hall–Kier alpha value is -3.13. The monoisotopic (exact) mass is 470 g/mol. The fraction of sp³-hybridized carbons (Fsp3) is 0.500. The van der Waals surface area contributed by atoms with E-state index < -0.39 is 23.5 Å². The first-order chi connectivity index (χ1) is 15.8. The summed E-state index contributed by atoms with van der Waals surface area (Å²) in [5.74, 6) is -1.58. The van der Waals surface area contributed by atoms with E-state index in [4.69, 9.17) is 0 Å². The van der Waals surface area contributed by atoms with Gasteiger partial charge in [-0.1, -0.05) is 52.0 Å². The highest BCUT2D eigenvalue weighted by molar-refractivity contribution is 5.91. The number of hydrogen-bond donors (Lipinski definition) is 3. The molecule has 8 heteroatoms. The number of benzene rings is 1. The van der Waals surface area contributed by atoms with E-state index in [1.165, 1.54) is 11.8 Å². The lowest BCUT2D eigenvalue weighted by molar-refractivity contribution is -0.134. The zero-order valence-corrected chi connectivity index (χ0v) is 21.5. The number of carbonyl (C=O) groups excluding carboxylic acids is 2. The number of likely N-dealkylation sites (N-methyl/N-ethyl adjacent to an activating group) is 2. The zero-order chi connectivity index (χ0) is 25.8. The molecule has 0 aliphatic rings. The van der Waals surface area contributed by atoms with Crippen molar-refractivity contribution in [2.24, 2.45) is 13.0 Å². The van der Waals surface area contributed by atoms with E-state index in [2.05, 4.69) is 10.6 Å². The predicted molar refractivity (Wildman–Crippen MR) is 135 cm³/mol. The van der Waals surface area contributed by atoms with Crippen molar-refractivity contribution >= 4 is 28.7 Å². The van der Waals surface area contributed by atoms with Gasteiger partial charge in [0.15, 0.2) is 0 Å². The highest BCUT2D eigenvalue weighted by Crippen LogP contribution is 2.34. The Bertz CT molecular complexity index is 1080. The number of rotatable bonds is 10. The lowest BCUT2D eigenvalue weighted by atomic mass is 9.77. The molecule has 0 fully saturated rings. The van der Waals surface area contributed by atoms with Gasteiger partial charge >= 0.3 is 5.97 Å². The predicted octanol–water partition coefficient (Wildman–Crippen LogP) is 2.67. The smallest absolute Gasteiger partial charge is 0.331 e. The number of nitrogens with one attached hydrogen (secondary N) is 2. The maximum Gasteiger partial charge on any atom is 0.331 e. The first-order valence-corrected chi connectivity index (χ1v) is 11.5. The van der Waals surface area contributed by atoms with Crippen molar-refractivity contribution in [1.82, 2.24) is 20.1 Å². The van der Waals surface area contributed by atoms with E-state index in [1.807, 2.05) is 69.8 Å². The van der Waals surface area contributed by atoms with Gasteiger partial charge in [0.1, 0.15) is 0 Å². The van der Waals surface area contributed by atoms with Crippen LogP contribution in [0.5, 0.6) is 0 Å². The second-order valence-corrected chi connectivity index (χ2v) is 9.73. The van der Waals surface area contributed by atoms with Crippen molar-refractivity contribution in [3.05, 3.63) is 47.7 Å². The standard InChI is InChI=1S/C26H38N4O4/c1-16(2)21(13-17(3)25(33)34)30(8)22(31)14-28-24(32)23(27-6)26(4,5)19-15-29(7)20-12-10-9-11-18(19)20/h9-13,15-16,21,23,27H,14H2,1-8H3,(H,28,32)(H,33,34)/b17-13+/t21-,23?/m1/s1. The maximum absolute atomic E-state index is 13.2. The van der Waals surface area contributed by atoms with Gasteiger partial charge in [0.2, 0.25) is 11.8 Å². The van der Waals surface area contributed by atoms with Crippen molar-refractivity contribution in [2.75, 3.05) is 20.6 Å². The van der Waals surface area contributed by atoms with Gasteiger partial charge in [-0.2, -0.15) is 0 Å². The fourth-order valence-corrected chi connectivity index (χ4v) is 4.46. The van der Waals surface area contributed by atoms with E-state index in [0.717, 1.165) is 16.5 Å². The Kier molecular flexibility index (Phi) is 8.66. The summed E-state index contributed by atoms with van der Waals surface area (Å²) in [6.07, 6.45) is 3.62. The van der Waals surface area contributed by atoms with E-state index in [0.29, 0.717) is 0 Å². The summed E-state index contributed by atoms with van der Waals surface area (Å²) < 4.78 is 2.05. The first kappa shape index (κ1) is 27.1. The van der Waals surface area contributed by atoms with Crippen LogP contribution in [0.25, 0.3) is 10.9 Å². The maximum atomic E-state index is 13.2. The molecule has 0 saturated carbocycles. The SMILES string of the molecule is CNC(C(=O)NCC(=O)N(C)[C@H](/C=C(\C)C(=O)O)C(C)C)C(C)(C)c1cn(C)c2ccccc12. The minimum atomic E-state index is -1.02. The van der Waals surface area contributed by atoms with Gasteiger partial charge in [-0.3, -0.25) is 9.59 Å². The average molecular weight is 471 g/mol. The third kappa shape index (κ3) is 5.67. The normalized spacial score (nSPS) is 14.2. The third-order valence-electron chi connectivity index (χ3n) is 6.56. The van der Waals surface area contributed by atoms with Crippen LogP contribution in [0, 0.1) is 5.92 Å². The first-order valence-electron chi connectivity index (χ1n) is 11.5. The molecule has 0 radical (unpaired) electrons. The number of aliphatic carboxylic acids is 1. The molecule has 2 aromatic rings. The largest absolute Gasteiger partial charge is 0.478 e. The fourth-order valence-electron chi connectivity index (χ4n) is 4.46. The number of aryl methyl sites for hydroxylation is 1. The molecule has 1 aromatic heterocycles. The molecule has 2 rings (SSSR count). The average Bonchev–Trinajstić information content (AvgIpc) is 3.12. The van der Waals surface area contributed by atoms with Gasteiger partial charge in [-0.25, -0.2) is 4.79 Å². The molecule has 2 atom stereocenters. The second kappa shape index (κ2) is 10.9. The number of aromatic nitrogens is 1. The molecule has 0 spiro atoms. The number of fused-ring (bicyclic) bond motifs is 1. The van der Waals surface area contributed by atoms with E-state index in [9.17, 15) is 19.5 Å². The molecular weight excluding hydrogens is 432 g/mol. The molecule has 186 valence electrons. The summed E-state index contributed by atoms with van der Waals surface area (Å²) in [4.78, 5) is 38.8. The van der Waals surface area contributed by atoms with Crippen molar-refractivity contribution < 1.29 is 19.5 Å². The van der Waals surface area contributed by atoms with Gasteiger partial charge in [0, 0.05) is 42.2 Å². The molecule has 1 heterocycles. The summed E-state index contributed by atoms with van der Waals surface area (Å²) in [5.41, 5.74) is 1.74. The Morgan fingerprint density at radius 3 is 2.38 bits per heavy atom. The number of hydrogen-bond acceptors (Lipinski definition) is 4. The number of carbonyl (C=O) groups is 3. The molecule has 0 saturated heterocycles. The van der Waals surface area contributed by atoms with Gasteiger partial charge in [0.25, 0.3) is 0 Å². The minimum absolute atomic E-state index is 0.00861. The number of carboxylic acids is 1. The van der Waals surface area contributed by atoms with Gasteiger partial charge in [-0.15, -0.1) is 0 Å². The molecule has 0 aliphatic heterocycles. The van der Waals surface area contributed by atoms with Crippen LogP contribution in [0.15, 0.2) is 42.1 Å². The minimum Gasteiger partial charge on any atom is -0.478 e. The van der Waals surface area contributed by atoms with Crippen LogP contribution in [0.4, 0.5) is 0 Å². The molecule has 3 N–H and O–H groups in total. The third-order valence-corrected chi connectivity index (χ3v) is 6.56. The van der Waals surface area contributed by atoms with Crippen molar-refractivity contribution in [2.45, 2.75) is 52.1 Å². The number of para-hydroxylation sites is 1. The molecule has 8 nitrogen and oxygen atoms in total. The number of amides is 2. The van der Waals surface area contributed by atoms with Crippen LogP contribution in [0.1, 0.15) is 40.2 Å². The summed E-state index contributed by atoms with van der Waals surface area (Å²) in [6.45, 7) is 9.19. The van der Waals surface area contributed by atoms with Crippen LogP contribution < -0.4 is 10.6 Å². The molecule has 2 amide bonds. The molecular formula is C26H38N4O4. The van der Waals surface area contributed by atoms with Crippen LogP contribution in [-0.2, 0) is 26.8 Å². The highest BCUT2D eigenvalue weighted by Gasteiger charge is 2.38. The van der Waals surface area contributed by atoms with Crippen LogP contribution in [0.3, 0.4) is 0 Å². The number of carboxylic acid groups (broad SMARTS) is 1. The Morgan fingerprint density at radius 2 is 1.82 bits per heavy atom. The van der Waals surface area contributed by atoms with Gasteiger partial charge in [-0.05, 0) is 31.5 Å². The summed E-state index contributed by atoms with van der Waals surface area (Å²) in [6, 6.07) is 7.09. The highest BCUT2D eigenvalue weighted by atomic mass is 16.4.